The van der Waals surface area contributed by atoms with E-state index >= 15 is 0 Å². The van der Waals surface area contributed by atoms with Crippen LogP contribution in [0.3, 0.4) is 0 Å². The van der Waals surface area contributed by atoms with Crippen LogP contribution in [0, 0.1) is 0 Å². The van der Waals surface area contributed by atoms with Crippen molar-refractivity contribution in [1.82, 2.24) is 5.32 Å². The molecule has 0 bridgehead atoms. The minimum absolute atomic E-state index is 0.275. The van der Waals surface area contributed by atoms with E-state index in [-0.39, 0.29) is 6.04 Å². The van der Waals surface area contributed by atoms with E-state index in [0.717, 1.165) is 25.3 Å². The van der Waals surface area contributed by atoms with Gasteiger partial charge < -0.3 is 14.8 Å². The number of nitrogens with one attached hydrogen (secondary N) is 1. The zero-order valence-corrected chi connectivity index (χ0v) is 13.2. The van der Waals surface area contributed by atoms with E-state index in [1.54, 1.807) is 7.11 Å². The monoisotopic (exact) mass is 287 g/mol. The second kappa shape index (κ2) is 8.01. The Labute approximate surface area is 127 Å². The standard InChI is InChI=1S/C18H25NO2/c1-4-19-14(2)16-11-10-15-8-5-6-9-17(15)18(16)21-13-7-12-20-3/h5-6,8-11,14,19H,4,7,12-13H2,1-3H3. The quantitative estimate of drug-likeness (QED) is 0.746. The molecule has 0 spiro atoms. The lowest BCUT2D eigenvalue weighted by Crippen LogP contribution is -2.19. The molecule has 0 amide bonds. The molecule has 2 aromatic rings. The predicted molar refractivity (Wildman–Crippen MR) is 88.0 cm³/mol. The SMILES string of the molecule is CCNC(C)c1ccc2ccccc2c1OCCCOC. The van der Waals surface area contributed by atoms with Crippen LogP contribution in [-0.2, 0) is 4.74 Å². The maximum absolute atomic E-state index is 6.10. The summed E-state index contributed by atoms with van der Waals surface area (Å²) in [6.45, 7) is 6.64. The number of ether oxygens (including phenoxy) is 2. The summed E-state index contributed by atoms with van der Waals surface area (Å²) >= 11 is 0. The van der Waals surface area contributed by atoms with Crippen LogP contribution in [-0.4, -0.2) is 26.9 Å². The Hall–Kier alpha value is -1.58. The summed E-state index contributed by atoms with van der Waals surface area (Å²) in [6.07, 6.45) is 0.898. The predicted octanol–water partition coefficient (Wildman–Crippen LogP) is 3.93. The van der Waals surface area contributed by atoms with E-state index in [2.05, 4.69) is 55.6 Å². The Kier molecular flexibility index (Phi) is 6.03. The van der Waals surface area contributed by atoms with Gasteiger partial charge in [-0.15, -0.1) is 0 Å². The number of hydrogen-bond donors (Lipinski definition) is 1. The molecule has 1 unspecified atom stereocenters. The van der Waals surface area contributed by atoms with E-state index in [1.807, 2.05) is 0 Å². The normalized spacial score (nSPS) is 12.5. The molecule has 0 saturated carbocycles. The highest BCUT2D eigenvalue weighted by Crippen LogP contribution is 2.33. The number of rotatable bonds is 8. The smallest absolute Gasteiger partial charge is 0.131 e. The van der Waals surface area contributed by atoms with Gasteiger partial charge in [0.25, 0.3) is 0 Å². The highest BCUT2D eigenvalue weighted by atomic mass is 16.5. The van der Waals surface area contributed by atoms with Gasteiger partial charge in [-0.25, -0.2) is 0 Å². The van der Waals surface area contributed by atoms with Crippen LogP contribution in [0.1, 0.15) is 31.9 Å². The van der Waals surface area contributed by atoms with Crippen molar-refractivity contribution in [3.05, 3.63) is 42.0 Å². The molecule has 2 rings (SSSR count). The van der Waals surface area contributed by atoms with Gasteiger partial charge in [0.15, 0.2) is 0 Å². The molecule has 2 aromatic carbocycles. The molecule has 0 fully saturated rings. The van der Waals surface area contributed by atoms with Crippen LogP contribution in [0.4, 0.5) is 0 Å². The third kappa shape index (κ3) is 3.96. The van der Waals surface area contributed by atoms with Crippen LogP contribution >= 0.6 is 0 Å². The molecule has 0 aliphatic carbocycles. The van der Waals surface area contributed by atoms with Gasteiger partial charge in [-0.1, -0.05) is 43.3 Å². The van der Waals surface area contributed by atoms with Gasteiger partial charge >= 0.3 is 0 Å². The molecule has 114 valence electrons. The van der Waals surface area contributed by atoms with Gasteiger partial charge in [-0.2, -0.15) is 0 Å². The maximum Gasteiger partial charge on any atom is 0.131 e. The zero-order valence-electron chi connectivity index (χ0n) is 13.2. The van der Waals surface area contributed by atoms with Gasteiger partial charge in [0.05, 0.1) is 6.61 Å². The lowest BCUT2D eigenvalue weighted by Gasteiger charge is -2.19. The minimum atomic E-state index is 0.275. The molecule has 3 nitrogen and oxygen atoms in total. The summed E-state index contributed by atoms with van der Waals surface area (Å²) in [5.74, 6) is 0.998. The highest BCUT2D eigenvalue weighted by Gasteiger charge is 2.14. The highest BCUT2D eigenvalue weighted by molar-refractivity contribution is 5.89. The molecular formula is C18H25NO2. The summed E-state index contributed by atoms with van der Waals surface area (Å²) in [5, 5.41) is 5.86. The Morgan fingerprint density at radius 3 is 2.67 bits per heavy atom. The van der Waals surface area contributed by atoms with Gasteiger partial charge in [-0.05, 0) is 18.9 Å². The molecule has 3 heteroatoms. The van der Waals surface area contributed by atoms with Crippen LogP contribution in [0.2, 0.25) is 0 Å². The number of methoxy groups -OCH3 is 1. The van der Waals surface area contributed by atoms with Gasteiger partial charge in [0, 0.05) is 37.1 Å². The zero-order chi connectivity index (χ0) is 15.1. The molecule has 0 aliphatic rings. The molecule has 0 heterocycles. The molecule has 0 aliphatic heterocycles. The molecule has 0 saturated heterocycles. The average Bonchev–Trinajstić information content (AvgIpc) is 2.51. The van der Waals surface area contributed by atoms with E-state index in [1.165, 1.54) is 16.3 Å². The number of benzene rings is 2. The van der Waals surface area contributed by atoms with Crippen LogP contribution in [0.25, 0.3) is 10.8 Å². The van der Waals surface area contributed by atoms with Gasteiger partial charge in [0.2, 0.25) is 0 Å². The van der Waals surface area contributed by atoms with Crippen LogP contribution in [0.15, 0.2) is 36.4 Å². The summed E-state index contributed by atoms with van der Waals surface area (Å²) < 4.78 is 11.2. The van der Waals surface area contributed by atoms with Crippen molar-refractivity contribution in [3.63, 3.8) is 0 Å². The van der Waals surface area contributed by atoms with Crippen LogP contribution < -0.4 is 10.1 Å². The van der Waals surface area contributed by atoms with E-state index in [0.29, 0.717) is 6.61 Å². The topological polar surface area (TPSA) is 30.5 Å². The first-order valence-corrected chi connectivity index (χ1v) is 7.64. The summed E-state index contributed by atoms with van der Waals surface area (Å²) in [5.41, 5.74) is 1.22. The van der Waals surface area contributed by atoms with E-state index < -0.39 is 0 Å². The molecule has 1 atom stereocenters. The molecule has 21 heavy (non-hydrogen) atoms. The first-order chi connectivity index (χ1) is 10.3. The second-order valence-electron chi connectivity index (χ2n) is 5.18. The number of fused-ring (bicyclic) bond motifs is 1. The Bertz CT molecular complexity index is 568. The van der Waals surface area contributed by atoms with E-state index in [4.69, 9.17) is 9.47 Å². The van der Waals surface area contributed by atoms with Crippen LogP contribution in [0.5, 0.6) is 5.75 Å². The van der Waals surface area contributed by atoms with Crippen molar-refractivity contribution >= 4 is 10.8 Å². The first-order valence-electron chi connectivity index (χ1n) is 7.64. The lowest BCUT2D eigenvalue weighted by atomic mass is 10.0. The fourth-order valence-corrected chi connectivity index (χ4v) is 2.56. The molecule has 0 aromatic heterocycles. The van der Waals surface area contributed by atoms with Crippen molar-refractivity contribution < 1.29 is 9.47 Å². The van der Waals surface area contributed by atoms with Crippen molar-refractivity contribution in [2.45, 2.75) is 26.3 Å². The van der Waals surface area contributed by atoms with Crippen molar-refractivity contribution in [1.29, 1.82) is 0 Å². The van der Waals surface area contributed by atoms with Crippen molar-refractivity contribution in [3.8, 4) is 5.75 Å². The third-order valence-corrected chi connectivity index (χ3v) is 3.63. The van der Waals surface area contributed by atoms with Gasteiger partial charge in [0.1, 0.15) is 5.75 Å². The maximum atomic E-state index is 6.10. The number of hydrogen-bond acceptors (Lipinski definition) is 3. The van der Waals surface area contributed by atoms with E-state index in [9.17, 15) is 0 Å². The molecule has 1 N–H and O–H groups in total. The molecular weight excluding hydrogens is 262 g/mol. The Balaban J connectivity index is 2.32. The minimum Gasteiger partial charge on any atom is -0.493 e. The summed E-state index contributed by atoms with van der Waals surface area (Å²) in [6, 6.07) is 13.0. The van der Waals surface area contributed by atoms with Crippen molar-refractivity contribution in [2.75, 3.05) is 26.9 Å². The summed E-state index contributed by atoms with van der Waals surface area (Å²) in [4.78, 5) is 0. The fourth-order valence-electron chi connectivity index (χ4n) is 2.56. The van der Waals surface area contributed by atoms with Crippen molar-refractivity contribution in [2.24, 2.45) is 0 Å². The first kappa shape index (κ1) is 15.8. The third-order valence-electron chi connectivity index (χ3n) is 3.63. The lowest BCUT2D eigenvalue weighted by molar-refractivity contribution is 0.172. The van der Waals surface area contributed by atoms with Gasteiger partial charge in [-0.3, -0.25) is 0 Å². The summed E-state index contributed by atoms with van der Waals surface area (Å²) in [7, 11) is 1.72. The Morgan fingerprint density at radius 2 is 1.90 bits per heavy atom. The largest absolute Gasteiger partial charge is 0.493 e. The Morgan fingerprint density at radius 1 is 1.10 bits per heavy atom. The molecule has 0 radical (unpaired) electrons. The average molecular weight is 287 g/mol. The second-order valence-corrected chi connectivity index (χ2v) is 5.18. The fraction of sp³-hybridized carbons (Fsp3) is 0.444.